The average molecular weight is 616 g/mol. The van der Waals surface area contributed by atoms with E-state index in [2.05, 4.69) is 178 Å². The fourth-order valence-electron chi connectivity index (χ4n) is 8.77. The maximum absolute atomic E-state index is 6.55. The van der Waals surface area contributed by atoms with E-state index in [0.717, 1.165) is 0 Å². The summed E-state index contributed by atoms with van der Waals surface area (Å²) in [6.07, 6.45) is 0. The summed E-state index contributed by atoms with van der Waals surface area (Å²) >= 11 is 0. The van der Waals surface area contributed by atoms with Gasteiger partial charge in [0, 0.05) is 12.0 Å². The Morgan fingerprint density at radius 3 is 1.42 bits per heavy atom. The van der Waals surface area contributed by atoms with Gasteiger partial charge < -0.3 is 5.73 Å². The van der Waals surface area contributed by atoms with Crippen molar-refractivity contribution in [3.63, 3.8) is 0 Å². The maximum Gasteiger partial charge on any atom is 0.0719 e. The van der Waals surface area contributed by atoms with Crippen LogP contribution in [-0.2, 0) is 17.4 Å². The molecule has 7 aromatic rings. The Hall–Kier alpha value is -5.50. The number of nitrogens with two attached hydrogens (primary N) is 1. The van der Waals surface area contributed by atoms with Gasteiger partial charge in [0.25, 0.3) is 0 Å². The predicted molar refractivity (Wildman–Crippen MR) is 200 cm³/mol. The summed E-state index contributed by atoms with van der Waals surface area (Å²) in [6, 6.07) is 60.6. The van der Waals surface area contributed by atoms with Crippen LogP contribution in [0.25, 0.3) is 44.5 Å². The molecule has 1 heteroatoms. The van der Waals surface area contributed by atoms with E-state index in [-0.39, 0.29) is 5.41 Å². The molecule has 2 N–H and O–H groups in total. The maximum atomic E-state index is 6.55. The second-order valence-corrected chi connectivity index (χ2v) is 13.8. The first-order chi connectivity index (χ1) is 23.5. The second kappa shape index (κ2) is 10.8. The molecule has 230 valence electrons. The van der Waals surface area contributed by atoms with E-state index in [4.69, 9.17) is 5.73 Å². The van der Waals surface area contributed by atoms with E-state index in [9.17, 15) is 0 Å². The number of hydrogen-bond donors (Lipinski definition) is 1. The summed E-state index contributed by atoms with van der Waals surface area (Å²) in [4.78, 5) is 0. The highest BCUT2D eigenvalue weighted by Crippen LogP contribution is 2.62. The van der Waals surface area contributed by atoms with Crippen LogP contribution in [0.3, 0.4) is 0 Å². The summed E-state index contributed by atoms with van der Waals surface area (Å²) in [7, 11) is 0. The molecule has 0 radical (unpaired) electrons. The van der Waals surface area contributed by atoms with Gasteiger partial charge in [-0.2, -0.15) is 0 Å². The number of hydrogen-bond acceptors (Lipinski definition) is 1. The summed E-state index contributed by atoms with van der Waals surface area (Å²) in [6.45, 7) is 5.23. The molecule has 0 aliphatic heterocycles. The zero-order chi connectivity index (χ0) is 32.5. The van der Waals surface area contributed by atoms with Crippen molar-refractivity contribution in [3.05, 3.63) is 203 Å². The van der Waals surface area contributed by atoms with Crippen molar-refractivity contribution in [2.75, 3.05) is 0 Å². The van der Waals surface area contributed by atoms with Crippen molar-refractivity contribution in [1.82, 2.24) is 0 Å². The fraction of sp³-hybridized carbons (Fsp3) is 0.106. The Labute approximate surface area is 283 Å². The van der Waals surface area contributed by atoms with Gasteiger partial charge in [0.1, 0.15) is 0 Å². The third-order valence-electron chi connectivity index (χ3n) is 11.0. The molecule has 0 aromatic heterocycles. The molecule has 1 nitrogen and oxygen atoms in total. The van der Waals surface area contributed by atoms with Gasteiger partial charge in [-0.05, 0) is 108 Å². The lowest BCUT2D eigenvalue weighted by atomic mass is 9.55. The largest absolute Gasteiger partial charge is 0.326 e. The first-order valence-electron chi connectivity index (χ1n) is 17.0. The lowest BCUT2D eigenvalue weighted by Gasteiger charge is -2.46. The monoisotopic (exact) mass is 615 g/mol. The average Bonchev–Trinajstić information content (AvgIpc) is 3.45. The molecule has 0 bridgehead atoms. The van der Waals surface area contributed by atoms with Crippen LogP contribution in [0.15, 0.2) is 164 Å². The van der Waals surface area contributed by atoms with Crippen LogP contribution in [0.1, 0.15) is 52.8 Å². The van der Waals surface area contributed by atoms with E-state index >= 15 is 0 Å². The minimum atomic E-state index is -0.432. The molecule has 2 aliphatic carbocycles. The molecule has 48 heavy (non-hydrogen) atoms. The normalized spacial score (nSPS) is 14.6. The van der Waals surface area contributed by atoms with E-state index in [0.29, 0.717) is 6.54 Å². The van der Waals surface area contributed by atoms with Crippen LogP contribution in [0.5, 0.6) is 0 Å². The zero-order valence-electron chi connectivity index (χ0n) is 27.4. The Balaban J connectivity index is 1.34. The second-order valence-electron chi connectivity index (χ2n) is 13.8. The molecule has 0 heterocycles. The lowest BCUT2D eigenvalue weighted by Crippen LogP contribution is -2.40. The highest BCUT2D eigenvalue weighted by atomic mass is 14.6. The van der Waals surface area contributed by atoms with E-state index < -0.39 is 5.41 Å². The van der Waals surface area contributed by atoms with E-state index in [1.807, 2.05) is 0 Å². The van der Waals surface area contributed by atoms with Gasteiger partial charge in [0.2, 0.25) is 0 Å². The fourth-order valence-corrected chi connectivity index (χ4v) is 8.77. The third-order valence-corrected chi connectivity index (χ3v) is 11.0. The zero-order valence-corrected chi connectivity index (χ0v) is 27.4. The first kappa shape index (κ1) is 28.7. The molecular formula is C47H37N. The first-order valence-corrected chi connectivity index (χ1v) is 17.0. The Morgan fingerprint density at radius 1 is 0.396 bits per heavy atom. The van der Waals surface area contributed by atoms with Crippen LogP contribution in [0.4, 0.5) is 0 Å². The van der Waals surface area contributed by atoms with Gasteiger partial charge in [-0.1, -0.05) is 153 Å². The van der Waals surface area contributed by atoms with Crippen molar-refractivity contribution in [3.8, 4) is 44.5 Å². The topological polar surface area (TPSA) is 26.0 Å². The molecule has 2 aliphatic rings. The molecule has 0 fully saturated rings. The molecule has 1 spiro atoms. The van der Waals surface area contributed by atoms with Gasteiger partial charge in [0.15, 0.2) is 0 Å². The molecule has 7 aromatic carbocycles. The Morgan fingerprint density at radius 2 is 0.875 bits per heavy atom. The van der Waals surface area contributed by atoms with Crippen molar-refractivity contribution in [1.29, 1.82) is 0 Å². The lowest BCUT2D eigenvalue weighted by molar-refractivity contribution is 0.563. The molecule has 0 amide bonds. The standard InChI is InChI=1S/C47H37N/c1-46(2)40-19-9-11-21-42(40)47(43-22-12-10-20-41(43)46)39-25-24-33(29-38(39)45-34(30-48)18-13-23-44(45)47)37-27-35(31-14-5-3-6-15-31)26-36(28-37)32-16-7-4-8-17-32/h3-29H,30,48H2,1-2H3. The van der Waals surface area contributed by atoms with Gasteiger partial charge in [0.05, 0.1) is 5.41 Å². The van der Waals surface area contributed by atoms with Gasteiger partial charge in [-0.15, -0.1) is 0 Å². The SMILES string of the molecule is CC1(C)c2ccccc2C2(c3ccc(-c4cc(-c5ccccc5)cc(-c5ccccc5)c4)cc3-c3c(CN)cccc32)c2ccccc21. The summed E-state index contributed by atoms with van der Waals surface area (Å²) in [5.74, 6) is 0. The van der Waals surface area contributed by atoms with Crippen LogP contribution in [0, 0.1) is 0 Å². The quantitative estimate of drug-likeness (QED) is 0.209. The molecule has 0 saturated carbocycles. The Kier molecular flexibility index (Phi) is 6.44. The molecule has 0 unspecified atom stereocenters. The summed E-state index contributed by atoms with van der Waals surface area (Å²) < 4.78 is 0. The highest BCUT2D eigenvalue weighted by Gasteiger charge is 2.53. The van der Waals surface area contributed by atoms with E-state index in [1.165, 1.54) is 83.5 Å². The van der Waals surface area contributed by atoms with Crippen LogP contribution < -0.4 is 5.73 Å². The van der Waals surface area contributed by atoms with E-state index in [1.54, 1.807) is 0 Å². The highest BCUT2D eigenvalue weighted by molar-refractivity contribution is 5.93. The third kappa shape index (κ3) is 4.01. The summed E-state index contributed by atoms with van der Waals surface area (Å²) in [5, 5.41) is 0. The molecule has 9 rings (SSSR count). The number of rotatable bonds is 4. The number of fused-ring (bicyclic) bond motifs is 9. The van der Waals surface area contributed by atoms with Crippen molar-refractivity contribution >= 4 is 0 Å². The van der Waals surface area contributed by atoms with Crippen molar-refractivity contribution in [2.45, 2.75) is 31.2 Å². The number of benzene rings is 7. The van der Waals surface area contributed by atoms with Gasteiger partial charge in [-0.25, -0.2) is 0 Å². The van der Waals surface area contributed by atoms with Crippen LogP contribution in [-0.4, -0.2) is 0 Å². The van der Waals surface area contributed by atoms with Gasteiger partial charge in [-0.3, -0.25) is 0 Å². The van der Waals surface area contributed by atoms with Crippen molar-refractivity contribution < 1.29 is 0 Å². The Bertz CT molecular complexity index is 2240. The van der Waals surface area contributed by atoms with Crippen LogP contribution in [0.2, 0.25) is 0 Å². The smallest absolute Gasteiger partial charge is 0.0719 e. The summed E-state index contributed by atoms with van der Waals surface area (Å²) in [5.41, 5.74) is 25.2. The predicted octanol–water partition coefficient (Wildman–Crippen LogP) is 11.1. The van der Waals surface area contributed by atoms with Crippen molar-refractivity contribution in [2.24, 2.45) is 5.73 Å². The minimum absolute atomic E-state index is 0.126. The van der Waals surface area contributed by atoms with Gasteiger partial charge >= 0.3 is 0 Å². The molecule has 0 atom stereocenters. The molecule has 0 saturated heterocycles. The molecular weight excluding hydrogens is 579 g/mol. The minimum Gasteiger partial charge on any atom is -0.326 e. The van der Waals surface area contributed by atoms with Crippen LogP contribution >= 0.6 is 0 Å².